The van der Waals surface area contributed by atoms with Crippen LogP contribution in [0.5, 0.6) is 0 Å². The third kappa shape index (κ3) is 6.35. The van der Waals surface area contributed by atoms with Gasteiger partial charge in [0.2, 0.25) is 0 Å². The van der Waals surface area contributed by atoms with Gasteiger partial charge in [0.15, 0.2) is 0 Å². The van der Waals surface area contributed by atoms with E-state index in [4.69, 9.17) is 0 Å². The fourth-order valence-electron chi connectivity index (χ4n) is 1.62. The van der Waals surface area contributed by atoms with Crippen molar-refractivity contribution in [3.8, 4) is 0 Å². The maximum atomic E-state index is 9.64. The van der Waals surface area contributed by atoms with E-state index < -0.39 is 0 Å². The molecule has 0 fully saturated rings. The first kappa shape index (κ1) is 13.9. The molecule has 0 aromatic heterocycles. The topological polar surface area (TPSA) is 35.5 Å². The molecule has 0 saturated carbocycles. The summed E-state index contributed by atoms with van der Waals surface area (Å²) >= 11 is 0. The molecule has 0 saturated heterocycles. The molecule has 0 aliphatic heterocycles. The van der Waals surface area contributed by atoms with Crippen LogP contribution in [0, 0.1) is 5.92 Å². The summed E-state index contributed by atoms with van der Waals surface area (Å²) in [4.78, 5) is 2.00. The number of hydrogen-bond donors (Lipinski definition) is 2. The van der Waals surface area contributed by atoms with Crippen LogP contribution < -0.4 is 5.32 Å². The second kappa shape index (κ2) is 7.21. The Morgan fingerprint density at radius 3 is 2.21 bits per heavy atom. The minimum absolute atomic E-state index is 0.266. The highest BCUT2D eigenvalue weighted by Crippen LogP contribution is 2.04. The molecule has 0 spiro atoms. The minimum Gasteiger partial charge on any atom is -0.390 e. The third-order valence-corrected chi connectivity index (χ3v) is 2.44. The quantitative estimate of drug-likeness (QED) is 0.645. The van der Waals surface area contributed by atoms with E-state index in [0.717, 1.165) is 13.0 Å². The van der Waals surface area contributed by atoms with Crippen LogP contribution in [-0.4, -0.2) is 49.3 Å². The zero-order valence-electron chi connectivity index (χ0n) is 10.2. The number of rotatable bonds is 7. The fraction of sp³-hybridized carbons (Fsp3) is 1.00. The van der Waals surface area contributed by atoms with Crippen molar-refractivity contribution >= 4 is 0 Å². The molecular weight excluding hydrogens is 176 g/mol. The molecule has 86 valence electrons. The number of likely N-dealkylation sites (N-methyl/N-ethyl adjacent to an activating group) is 1. The number of nitrogens with one attached hydrogen (secondary N) is 1. The van der Waals surface area contributed by atoms with Crippen LogP contribution in [0.2, 0.25) is 0 Å². The molecule has 3 nitrogen and oxygen atoms in total. The van der Waals surface area contributed by atoms with Gasteiger partial charge in [0.1, 0.15) is 0 Å². The second-order valence-electron chi connectivity index (χ2n) is 4.58. The number of aliphatic hydroxyl groups excluding tert-OH is 1. The van der Waals surface area contributed by atoms with Crippen LogP contribution in [0.3, 0.4) is 0 Å². The molecule has 0 radical (unpaired) electrons. The lowest BCUT2D eigenvalue weighted by Gasteiger charge is -2.23. The summed E-state index contributed by atoms with van der Waals surface area (Å²) in [6, 6.07) is 0.520. The predicted molar refractivity (Wildman–Crippen MR) is 61.5 cm³/mol. The van der Waals surface area contributed by atoms with Crippen molar-refractivity contribution in [2.45, 2.75) is 39.3 Å². The van der Waals surface area contributed by atoms with Gasteiger partial charge in [0.25, 0.3) is 0 Å². The Kier molecular flexibility index (Phi) is 7.15. The SMILES string of the molecule is CCC(NCC(O)CN(C)C)C(C)C. The number of hydrogen-bond acceptors (Lipinski definition) is 3. The Hall–Kier alpha value is -0.120. The molecule has 0 aromatic rings. The first-order valence-electron chi connectivity index (χ1n) is 5.53. The minimum atomic E-state index is -0.266. The van der Waals surface area contributed by atoms with Crippen LogP contribution in [0.25, 0.3) is 0 Å². The normalized spacial score (nSPS) is 16.3. The Balaban J connectivity index is 3.68. The van der Waals surface area contributed by atoms with Crippen molar-refractivity contribution in [3.05, 3.63) is 0 Å². The summed E-state index contributed by atoms with van der Waals surface area (Å²) in [7, 11) is 3.95. The van der Waals surface area contributed by atoms with Crippen molar-refractivity contribution < 1.29 is 5.11 Å². The maximum Gasteiger partial charge on any atom is 0.0791 e. The van der Waals surface area contributed by atoms with Crippen LogP contribution >= 0.6 is 0 Å². The lowest BCUT2D eigenvalue weighted by Crippen LogP contribution is -2.41. The molecule has 2 N–H and O–H groups in total. The van der Waals surface area contributed by atoms with E-state index in [0.29, 0.717) is 18.5 Å². The van der Waals surface area contributed by atoms with E-state index >= 15 is 0 Å². The third-order valence-electron chi connectivity index (χ3n) is 2.44. The van der Waals surface area contributed by atoms with Gasteiger partial charge in [-0.05, 0) is 26.4 Å². The maximum absolute atomic E-state index is 9.64. The molecule has 0 heterocycles. The average molecular weight is 202 g/mol. The zero-order chi connectivity index (χ0) is 11.1. The summed E-state index contributed by atoms with van der Waals surface area (Å²) in [5, 5.41) is 13.0. The van der Waals surface area contributed by atoms with Gasteiger partial charge in [-0.15, -0.1) is 0 Å². The van der Waals surface area contributed by atoms with E-state index in [1.807, 2.05) is 19.0 Å². The molecule has 0 aromatic carbocycles. The van der Waals surface area contributed by atoms with E-state index in [1.54, 1.807) is 0 Å². The first-order chi connectivity index (χ1) is 6.47. The molecule has 2 atom stereocenters. The van der Waals surface area contributed by atoms with Crippen molar-refractivity contribution in [1.29, 1.82) is 0 Å². The highest BCUT2D eigenvalue weighted by Gasteiger charge is 2.12. The van der Waals surface area contributed by atoms with E-state index in [1.165, 1.54) is 0 Å². The second-order valence-corrected chi connectivity index (χ2v) is 4.58. The molecule has 0 amide bonds. The van der Waals surface area contributed by atoms with Gasteiger partial charge in [0, 0.05) is 19.1 Å². The van der Waals surface area contributed by atoms with Gasteiger partial charge < -0.3 is 15.3 Å². The Morgan fingerprint density at radius 1 is 1.29 bits per heavy atom. The largest absolute Gasteiger partial charge is 0.390 e. The Labute approximate surface area is 88.5 Å². The van der Waals surface area contributed by atoms with Gasteiger partial charge >= 0.3 is 0 Å². The van der Waals surface area contributed by atoms with Crippen molar-refractivity contribution in [1.82, 2.24) is 10.2 Å². The van der Waals surface area contributed by atoms with Gasteiger partial charge in [-0.3, -0.25) is 0 Å². The van der Waals surface area contributed by atoms with Crippen molar-refractivity contribution in [2.75, 3.05) is 27.2 Å². The molecular formula is C11H26N2O. The van der Waals surface area contributed by atoms with E-state index in [2.05, 4.69) is 26.1 Å². The van der Waals surface area contributed by atoms with Gasteiger partial charge in [-0.25, -0.2) is 0 Å². The Morgan fingerprint density at radius 2 is 1.86 bits per heavy atom. The summed E-state index contributed by atoms with van der Waals surface area (Å²) in [6.07, 6.45) is 0.851. The van der Waals surface area contributed by atoms with Crippen LogP contribution in [0.15, 0.2) is 0 Å². The lowest BCUT2D eigenvalue weighted by atomic mass is 10.0. The standard InChI is InChI=1S/C11H26N2O/c1-6-11(9(2)3)12-7-10(14)8-13(4)5/h9-12,14H,6-8H2,1-5H3. The molecule has 0 aliphatic rings. The molecule has 14 heavy (non-hydrogen) atoms. The van der Waals surface area contributed by atoms with Crippen molar-refractivity contribution in [3.63, 3.8) is 0 Å². The highest BCUT2D eigenvalue weighted by molar-refractivity contribution is 4.71. The van der Waals surface area contributed by atoms with Crippen molar-refractivity contribution in [2.24, 2.45) is 5.92 Å². The fourth-order valence-corrected chi connectivity index (χ4v) is 1.62. The molecule has 0 bridgehead atoms. The smallest absolute Gasteiger partial charge is 0.0791 e. The van der Waals surface area contributed by atoms with E-state index in [-0.39, 0.29) is 6.10 Å². The van der Waals surface area contributed by atoms with E-state index in [9.17, 15) is 5.11 Å². The summed E-state index contributed by atoms with van der Waals surface area (Å²) in [6.45, 7) is 8.01. The predicted octanol–water partition coefficient (Wildman–Crippen LogP) is 0.933. The van der Waals surface area contributed by atoms with Gasteiger partial charge in [-0.2, -0.15) is 0 Å². The summed E-state index contributed by atoms with van der Waals surface area (Å²) in [5.74, 6) is 0.631. The van der Waals surface area contributed by atoms with Crippen LogP contribution in [0.1, 0.15) is 27.2 Å². The van der Waals surface area contributed by atoms with Gasteiger partial charge in [-0.1, -0.05) is 20.8 Å². The molecule has 3 heteroatoms. The Bertz CT molecular complexity index is 137. The monoisotopic (exact) mass is 202 g/mol. The highest BCUT2D eigenvalue weighted by atomic mass is 16.3. The summed E-state index contributed by atoms with van der Waals surface area (Å²) < 4.78 is 0. The molecule has 0 aliphatic carbocycles. The average Bonchev–Trinajstić information content (AvgIpc) is 2.03. The number of nitrogens with zero attached hydrogens (tertiary/aromatic N) is 1. The van der Waals surface area contributed by atoms with Gasteiger partial charge in [0.05, 0.1) is 6.10 Å². The lowest BCUT2D eigenvalue weighted by molar-refractivity contribution is 0.128. The number of aliphatic hydroxyl groups is 1. The van der Waals surface area contributed by atoms with Crippen LogP contribution in [0.4, 0.5) is 0 Å². The zero-order valence-corrected chi connectivity index (χ0v) is 10.2. The molecule has 2 unspecified atom stereocenters. The summed E-state index contributed by atoms with van der Waals surface area (Å²) in [5.41, 5.74) is 0. The first-order valence-corrected chi connectivity index (χ1v) is 5.53. The van der Waals surface area contributed by atoms with Crippen LogP contribution in [-0.2, 0) is 0 Å². The molecule has 0 rings (SSSR count).